The predicted octanol–water partition coefficient (Wildman–Crippen LogP) is 1.64. The van der Waals surface area contributed by atoms with Gasteiger partial charge < -0.3 is 19.7 Å². The summed E-state index contributed by atoms with van der Waals surface area (Å²) in [5.74, 6) is 0.711. The molecule has 2 heterocycles. The number of carbonyl (C=O) groups is 2. The van der Waals surface area contributed by atoms with E-state index in [4.69, 9.17) is 9.26 Å². The van der Waals surface area contributed by atoms with Crippen LogP contribution >= 0.6 is 0 Å². The number of Topliss-reactive ketones (excluding diaryl/α,β-unsaturated/α-hetero) is 1. The summed E-state index contributed by atoms with van der Waals surface area (Å²) in [4.78, 5) is 25.6. The Hall–Kier alpha value is -2.71. The predicted molar refractivity (Wildman–Crippen MR) is 101 cm³/mol. The molecule has 1 saturated heterocycles. The molecule has 3 rings (SSSR count). The van der Waals surface area contributed by atoms with Gasteiger partial charge in [0.15, 0.2) is 17.2 Å². The van der Waals surface area contributed by atoms with Crippen LogP contribution in [-0.4, -0.2) is 59.1 Å². The van der Waals surface area contributed by atoms with Gasteiger partial charge in [0.05, 0.1) is 6.10 Å². The average Bonchev–Trinajstić information content (AvgIpc) is 3.16. The van der Waals surface area contributed by atoms with Crippen molar-refractivity contribution >= 4 is 11.7 Å². The number of nitrogens with zero attached hydrogens (tertiary/aromatic N) is 2. The number of hydrogen-bond donors (Lipinski definition) is 2. The van der Waals surface area contributed by atoms with Gasteiger partial charge in [-0.15, -0.1) is 0 Å². The number of piperidine rings is 1. The van der Waals surface area contributed by atoms with E-state index in [2.05, 4.69) is 15.4 Å². The Morgan fingerprint density at radius 2 is 2.14 bits per heavy atom. The number of hydrogen-bond acceptors (Lipinski definition) is 7. The minimum absolute atomic E-state index is 0.00564. The van der Waals surface area contributed by atoms with Crippen molar-refractivity contribution in [3.63, 3.8) is 0 Å². The lowest BCUT2D eigenvalue weighted by Gasteiger charge is -2.29. The number of rotatable bonds is 8. The quantitative estimate of drug-likeness (QED) is 0.664. The third-order valence-corrected chi connectivity index (χ3v) is 4.63. The number of likely N-dealkylation sites (tertiary alicyclic amines) is 1. The lowest BCUT2D eigenvalue weighted by Crippen LogP contribution is -2.42. The monoisotopic (exact) mass is 387 g/mol. The van der Waals surface area contributed by atoms with Crippen molar-refractivity contribution in [3.05, 3.63) is 47.3 Å². The summed E-state index contributed by atoms with van der Waals surface area (Å²) in [7, 11) is 0. The van der Waals surface area contributed by atoms with Crippen LogP contribution in [0.1, 0.15) is 46.4 Å². The fourth-order valence-electron chi connectivity index (χ4n) is 3.08. The number of amides is 1. The van der Waals surface area contributed by atoms with Crippen molar-refractivity contribution in [3.8, 4) is 5.75 Å². The summed E-state index contributed by atoms with van der Waals surface area (Å²) < 4.78 is 10.7. The Bertz CT molecular complexity index is 802. The van der Waals surface area contributed by atoms with E-state index in [1.807, 2.05) is 0 Å². The van der Waals surface area contributed by atoms with Crippen LogP contribution in [-0.2, 0) is 6.61 Å². The number of nitrogens with one attached hydrogen (secondary N) is 1. The van der Waals surface area contributed by atoms with E-state index in [0.29, 0.717) is 36.7 Å². The summed E-state index contributed by atoms with van der Waals surface area (Å²) in [6, 6.07) is 8.34. The Morgan fingerprint density at radius 3 is 2.86 bits per heavy atom. The van der Waals surface area contributed by atoms with Crippen LogP contribution in [0.2, 0.25) is 0 Å². The molecule has 0 saturated carbocycles. The molecule has 1 aromatic heterocycles. The maximum atomic E-state index is 12.2. The molecule has 150 valence electrons. The number of benzene rings is 1. The van der Waals surface area contributed by atoms with E-state index >= 15 is 0 Å². The topological polar surface area (TPSA) is 105 Å². The maximum absolute atomic E-state index is 12.2. The fraction of sp³-hybridized carbons (Fsp3) is 0.450. The molecule has 1 atom stereocenters. The molecule has 2 aromatic rings. The first-order valence-corrected chi connectivity index (χ1v) is 9.39. The lowest BCUT2D eigenvalue weighted by molar-refractivity contribution is 0.0702. The second-order valence-corrected chi connectivity index (χ2v) is 6.90. The molecular formula is C20H25N3O5. The number of aliphatic hydroxyl groups excluding tert-OH is 1. The molecule has 1 fully saturated rings. The van der Waals surface area contributed by atoms with Crippen molar-refractivity contribution in [2.24, 2.45) is 0 Å². The highest BCUT2D eigenvalue weighted by atomic mass is 16.5. The third-order valence-electron chi connectivity index (χ3n) is 4.63. The van der Waals surface area contributed by atoms with E-state index in [-0.39, 0.29) is 30.1 Å². The molecular weight excluding hydrogens is 362 g/mol. The van der Waals surface area contributed by atoms with E-state index in [0.717, 1.165) is 19.4 Å². The summed E-state index contributed by atoms with van der Waals surface area (Å²) in [5.41, 5.74) is 0.814. The Morgan fingerprint density at radius 1 is 1.36 bits per heavy atom. The highest BCUT2D eigenvalue weighted by Gasteiger charge is 2.18. The highest BCUT2D eigenvalue weighted by molar-refractivity contribution is 5.94. The van der Waals surface area contributed by atoms with Gasteiger partial charge in [-0.3, -0.25) is 14.5 Å². The van der Waals surface area contributed by atoms with Crippen molar-refractivity contribution in [1.29, 1.82) is 0 Å². The number of aliphatic hydroxyl groups is 1. The summed E-state index contributed by atoms with van der Waals surface area (Å²) >= 11 is 0. The van der Waals surface area contributed by atoms with E-state index in [1.54, 1.807) is 30.3 Å². The Labute approximate surface area is 163 Å². The lowest BCUT2D eigenvalue weighted by atomic mass is 10.1. The van der Waals surface area contributed by atoms with Gasteiger partial charge in [0.1, 0.15) is 12.4 Å². The zero-order valence-electron chi connectivity index (χ0n) is 15.9. The number of ketones is 1. The molecule has 1 amide bonds. The SMILES string of the molecule is CC(=O)c1ccc(OCc2cc(C(=O)NCCN3CCC[C@@H](O)C3)no2)cc1. The molecule has 8 heteroatoms. The largest absolute Gasteiger partial charge is 0.486 e. The molecule has 8 nitrogen and oxygen atoms in total. The fourth-order valence-corrected chi connectivity index (χ4v) is 3.08. The highest BCUT2D eigenvalue weighted by Crippen LogP contribution is 2.15. The van der Waals surface area contributed by atoms with Crippen LogP contribution < -0.4 is 10.1 Å². The molecule has 0 spiro atoms. The van der Waals surface area contributed by atoms with Crippen LogP contribution in [0.4, 0.5) is 0 Å². The molecule has 0 bridgehead atoms. The standard InChI is InChI=1S/C20H25N3O5/c1-14(24)15-4-6-17(7-5-15)27-13-18-11-19(22-28-18)20(26)21-8-10-23-9-2-3-16(25)12-23/h4-7,11,16,25H,2-3,8-10,12-13H2,1H3,(H,21,26)/t16-/m1/s1. The maximum Gasteiger partial charge on any atom is 0.273 e. The van der Waals surface area contributed by atoms with Crippen molar-refractivity contribution in [1.82, 2.24) is 15.4 Å². The molecule has 1 aliphatic rings. The van der Waals surface area contributed by atoms with Gasteiger partial charge in [-0.2, -0.15) is 0 Å². The van der Waals surface area contributed by atoms with Crippen molar-refractivity contribution < 1.29 is 24.0 Å². The van der Waals surface area contributed by atoms with Crippen LogP contribution in [0.5, 0.6) is 5.75 Å². The van der Waals surface area contributed by atoms with Crippen molar-refractivity contribution in [2.75, 3.05) is 26.2 Å². The molecule has 0 radical (unpaired) electrons. The first-order chi connectivity index (χ1) is 13.5. The summed E-state index contributed by atoms with van der Waals surface area (Å²) in [5, 5.41) is 16.2. The molecule has 1 aromatic carbocycles. The van der Waals surface area contributed by atoms with Gasteiger partial charge >= 0.3 is 0 Å². The van der Waals surface area contributed by atoms with Gasteiger partial charge in [0.25, 0.3) is 5.91 Å². The van der Waals surface area contributed by atoms with E-state index in [1.165, 1.54) is 6.92 Å². The van der Waals surface area contributed by atoms with Gasteiger partial charge in [-0.25, -0.2) is 0 Å². The Kier molecular flexibility index (Phi) is 6.78. The zero-order chi connectivity index (χ0) is 19.9. The normalized spacial score (nSPS) is 17.3. The van der Waals surface area contributed by atoms with Crippen LogP contribution in [0.15, 0.2) is 34.9 Å². The average molecular weight is 387 g/mol. The van der Waals surface area contributed by atoms with Crippen LogP contribution in [0.3, 0.4) is 0 Å². The smallest absolute Gasteiger partial charge is 0.273 e. The number of ether oxygens (including phenoxy) is 1. The Balaban J connectivity index is 1.42. The van der Waals surface area contributed by atoms with Gasteiger partial charge in [-0.1, -0.05) is 5.16 Å². The second kappa shape index (κ2) is 9.48. The molecule has 2 N–H and O–H groups in total. The summed E-state index contributed by atoms with van der Waals surface area (Å²) in [6.07, 6.45) is 1.54. The zero-order valence-corrected chi connectivity index (χ0v) is 15.9. The molecule has 28 heavy (non-hydrogen) atoms. The second-order valence-electron chi connectivity index (χ2n) is 6.90. The van der Waals surface area contributed by atoms with Gasteiger partial charge in [-0.05, 0) is 50.6 Å². The minimum Gasteiger partial charge on any atom is -0.486 e. The van der Waals surface area contributed by atoms with Crippen LogP contribution in [0.25, 0.3) is 0 Å². The van der Waals surface area contributed by atoms with Gasteiger partial charge in [0, 0.05) is 31.3 Å². The number of aromatic nitrogens is 1. The van der Waals surface area contributed by atoms with E-state index < -0.39 is 0 Å². The first kappa shape index (κ1) is 20.0. The first-order valence-electron chi connectivity index (χ1n) is 9.39. The minimum atomic E-state index is -0.307. The molecule has 1 aliphatic heterocycles. The van der Waals surface area contributed by atoms with Crippen molar-refractivity contribution in [2.45, 2.75) is 32.5 Å². The van der Waals surface area contributed by atoms with E-state index in [9.17, 15) is 14.7 Å². The summed E-state index contributed by atoms with van der Waals surface area (Å²) in [6.45, 7) is 4.39. The molecule has 0 unspecified atom stereocenters. The van der Waals surface area contributed by atoms with Gasteiger partial charge in [0.2, 0.25) is 0 Å². The number of carbonyl (C=O) groups excluding carboxylic acids is 2. The number of β-amino-alcohol motifs (C(OH)–C–C–N with tert-alkyl or cyclic N) is 1. The third kappa shape index (κ3) is 5.64. The van der Waals surface area contributed by atoms with Crippen LogP contribution in [0, 0.1) is 0 Å². The molecule has 0 aliphatic carbocycles.